The van der Waals surface area contributed by atoms with Gasteiger partial charge < -0.3 is 19.9 Å². The highest BCUT2D eigenvalue weighted by molar-refractivity contribution is 5.90. The predicted octanol–water partition coefficient (Wildman–Crippen LogP) is 5.35. The number of pyridine rings is 1. The molecule has 1 aliphatic rings. The summed E-state index contributed by atoms with van der Waals surface area (Å²) in [6.45, 7) is 5.34. The van der Waals surface area contributed by atoms with Crippen molar-refractivity contribution in [2.45, 2.75) is 44.8 Å². The molecule has 2 aromatic heterocycles. The van der Waals surface area contributed by atoms with Crippen LogP contribution in [0.2, 0.25) is 0 Å². The minimum Gasteiger partial charge on any atom is -0.480 e. The van der Waals surface area contributed by atoms with Crippen LogP contribution in [0.3, 0.4) is 0 Å². The Labute approximate surface area is 225 Å². The Morgan fingerprint density at radius 2 is 1.64 bits per heavy atom. The largest absolute Gasteiger partial charge is 0.480 e. The molecule has 0 saturated carbocycles. The van der Waals surface area contributed by atoms with Crippen LogP contribution in [0.25, 0.3) is 22.2 Å². The highest BCUT2D eigenvalue weighted by atomic mass is 16.6. The van der Waals surface area contributed by atoms with Crippen LogP contribution in [0.1, 0.15) is 43.4 Å². The fraction of sp³-hybridized carbons (Fsp3) is 0.267. The number of carboxylic acids is 1. The summed E-state index contributed by atoms with van der Waals surface area (Å²) in [7, 11) is 0. The Kier molecular flexibility index (Phi) is 6.82. The summed E-state index contributed by atoms with van der Waals surface area (Å²) < 4.78 is 12.3. The molecule has 4 aromatic rings. The molecule has 39 heavy (non-hydrogen) atoms. The number of ether oxygens (including phenoxy) is 2. The van der Waals surface area contributed by atoms with Crippen LogP contribution in [0.5, 0.6) is 0 Å². The van der Waals surface area contributed by atoms with E-state index in [4.69, 9.17) is 9.47 Å². The molecule has 0 bridgehead atoms. The zero-order valence-electron chi connectivity index (χ0n) is 21.9. The van der Waals surface area contributed by atoms with Crippen LogP contribution in [0.4, 0.5) is 9.59 Å². The zero-order chi connectivity index (χ0) is 27.7. The van der Waals surface area contributed by atoms with Gasteiger partial charge >= 0.3 is 18.2 Å². The average molecular weight is 528 g/mol. The van der Waals surface area contributed by atoms with E-state index >= 15 is 0 Å². The molecule has 2 aromatic carbocycles. The van der Waals surface area contributed by atoms with Crippen molar-refractivity contribution in [3.05, 3.63) is 89.7 Å². The van der Waals surface area contributed by atoms with Gasteiger partial charge in [0.25, 0.3) is 0 Å². The number of rotatable bonds is 6. The topological polar surface area (TPSA) is 120 Å². The monoisotopic (exact) mass is 527 g/mol. The highest BCUT2D eigenvalue weighted by Crippen LogP contribution is 2.44. The summed E-state index contributed by atoms with van der Waals surface area (Å²) >= 11 is 0. The van der Waals surface area contributed by atoms with Gasteiger partial charge in [-0.1, -0.05) is 48.5 Å². The van der Waals surface area contributed by atoms with E-state index in [1.807, 2.05) is 48.5 Å². The first-order valence-corrected chi connectivity index (χ1v) is 12.6. The summed E-state index contributed by atoms with van der Waals surface area (Å²) in [5, 5.41) is 12.3. The summed E-state index contributed by atoms with van der Waals surface area (Å²) in [5.74, 6) is -1.39. The molecular weight excluding hydrogens is 498 g/mol. The van der Waals surface area contributed by atoms with Crippen LogP contribution in [0, 0.1) is 0 Å². The molecular formula is C30H29N3O6. The number of hydrogen-bond acceptors (Lipinski definition) is 6. The van der Waals surface area contributed by atoms with E-state index < -0.39 is 29.8 Å². The lowest BCUT2D eigenvalue weighted by molar-refractivity contribution is -0.139. The second-order valence-electron chi connectivity index (χ2n) is 10.4. The van der Waals surface area contributed by atoms with Gasteiger partial charge in [0, 0.05) is 24.7 Å². The van der Waals surface area contributed by atoms with Crippen molar-refractivity contribution in [2.24, 2.45) is 0 Å². The number of nitrogens with one attached hydrogen (secondary N) is 1. The molecule has 200 valence electrons. The van der Waals surface area contributed by atoms with Crippen LogP contribution in [-0.4, -0.2) is 51.1 Å². The van der Waals surface area contributed by atoms with Crippen LogP contribution < -0.4 is 5.32 Å². The fourth-order valence-corrected chi connectivity index (χ4v) is 4.94. The van der Waals surface area contributed by atoms with Crippen molar-refractivity contribution < 1.29 is 29.0 Å². The van der Waals surface area contributed by atoms with Crippen LogP contribution in [0.15, 0.2) is 73.1 Å². The molecule has 1 aliphatic carbocycles. The third kappa shape index (κ3) is 5.34. The van der Waals surface area contributed by atoms with E-state index in [9.17, 15) is 19.5 Å². The van der Waals surface area contributed by atoms with E-state index in [2.05, 4.69) is 10.3 Å². The van der Waals surface area contributed by atoms with Crippen molar-refractivity contribution in [1.29, 1.82) is 0 Å². The second-order valence-corrected chi connectivity index (χ2v) is 10.4. The minimum atomic E-state index is -1.31. The van der Waals surface area contributed by atoms with Crippen molar-refractivity contribution >= 4 is 29.2 Å². The average Bonchev–Trinajstić information content (AvgIpc) is 3.42. The Bertz CT molecular complexity index is 1520. The molecule has 0 spiro atoms. The van der Waals surface area contributed by atoms with E-state index in [0.29, 0.717) is 16.6 Å². The third-order valence-corrected chi connectivity index (χ3v) is 6.58. The molecule has 0 fully saturated rings. The van der Waals surface area contributed by atoms with Gasteiger partial charge in [0.1, 0.15) is 18.2 Å². The first-order valence-electron chi connectivity index (χ1n) is 12.6. The smallest absolute Gasteiger partial charge is 0.419 e. The molecule has 9 heteroatoms. The number of benzene rings is 2. The van der Waals surface area contributed by atoms with Gasteiger partial charge in [-0.15, -0.1) is 0 Å². The maximum absolute atomic E-state index is 12.8. The molecule has 5 rings (SSSR count). The molecule has 0 aliphatic heterocycles. The number of aliphatic carboxylic acids is 1. The molecule has 9 nitrogen and oxygen atoms in total. The van der Waals surface area contributed by atoms with Gasteiger partial charge in [0.05, 0.1) is 11.0 Å². The van der Waals surface area contributed by atoms with Gasteiger partial charge in [-0.25, -0.2) is 14.4 Å². The Hall–Kier alpha value is -4.66. The number of amides is 1. The van der Waals surface area contributed by atoms with E-state index in [1.54, 1.807) is 39.1 Å². The molecule has 1 unspecified atom stereocenters. The van der Waals surface area contributed by atoms with Crippen molar-refractivity contribution in [3.8, 4) is 11.1 Å². The first-order chi connectivity index (χ1) is 18.6. The summed E-state index contributed by atoms with van der Waals surface area (Å²) in [6, 6.07) is 18.0. The van der Waals surface area contributed by atoms with Crippen molar-refractivity contribution in [1.82, 2.24) is 14.9 Å². The van der Waals surface area contributed by atoms with Crippen molar-refractivity contribution in [3.63, 3.8) is 0 Å². The molecule has 2 heterocycles. The second kappa shape index (κ2) is 10.2. The number of hydrogen-bond donors (Lipinski definition) is 2. The molecule has 1 atom stereocenters. The number of alkyl carbamates (subject to hydrolysis) is 1. The maximum atomic E-state index is 12.8. The lowest BCUT2D eigenvalue weighted by atomic mass is 9.98. The minimum absolute atomic E-state index is 0.0612. The first kappa shape index (κ1) is 26.0. The number of aromatic nitrogens is 2. The maximum Gasteiger partial charge on any atom is 0.419 e. The Morgan fingerprint density at radius 3 is 2.26 bits per heavy atom. The summed E-state index contributed by atoms with van der Waals surface area (Å²) in [5.41, 5.74) is 4.99. The van der Waals surface area contributed by atoms with E-state index in [0.717, 1.165) is 22.3 Å². The fourth-order valence-electron chi connectivity index (χ4n) is 4.94. The number of carboxylic acid groups (broad SMARTS) is 1. The Morgan fingerprint density at radius 1 is 1.00 bits per heavy atom. The SMILES string of the molecule is CC(C)(C)OC(=O)n1cc(CC(NC(=O)OCC2c3ccccc3-c3ccccc32)C(=O)O)c2ncccc21. The van der Waals surface area contributed by atoms with Crippen LogP contribution in [-0.2, 0) is 20.7 Å². The summed E-state index contributed by atoms with van der Waals surface area (Å²) in [4.78, 5) is 42.0. The Balaban J connectivity index is 1.31. The van der Waals surface area contributed by atoms with Gasteiger partial charge in [0.2, 0.25) is 0 Å². The highest BCUT2D eigenvalue weighted by Gasteiger charge is 2.30. The third-order valence-electron chi connectivity index (χ3n) is 6.58. The standard InChI is InChI=1S/C30H29N3O6/c1-30(2,3)39-29(37)33-16-18(26-25(33)13-8-14-31-26)15-24(27(34)35)32-28(36)38-17-23-21-11-6-4-9-19(21)20-10-5-7-12-22(20)23/h4-14,16,23-24H,15,17H2,1-3H3,(H,32,36)(H,34,35). The van der Waals surface area contributed by atoms with Gasteiger partial charge in [-0.3, -0.25) is 9.55 Å². The number of carbonyl (C=O) groups is 3. The molecule has 2 N–H and O–H groups in total. The van der Waals surface area contributed by atoms with Crippen LogP contribution >= 0.6 is 0 Å². The quantitative estimate of drug-likeness (QED) is 0.347. The van der Waals surface area contributed by atoms with E-state index in [1.165, 1.54) is 10.8 Å². The lowest BCUT2D eigenvalue weighted by Crippen LogP contribution is -2.42. The normalized spacial score (nSPS) is 13.4. The number of nitrogens with zero attached hydrogens (tertiary/aromatic N) is 2. The molecule has 0 saturated heterocycles. The molecule has 1 amide bonds. The number of carbonyl (C=O) groups excluding carboxylic acids is 2. The van der Waals surface area contributed by atoms with E-state index in [-0.39, 0.29) is 18.9 Å². The predicted molar refractivity (Wildman–Crippen MR) is 145 cm³/mol. The van der Waals surface area contributed by atoms with Gasteiger partial charge in [-0.05, 0) is 60.7 Å². The van der Waals surface area contributed by atoms with Gasteiger partial charge in [-0.2, -0.15) is 0 Å². The zero-order valence-corrected chi connectivity index (χ0v) is 21.9. The number of fused-ring (bicyclic) bond motifs is 4. The lowest BCUT2D eigenvalue weighted by Gasteiger charge is -2.19. The van der Waals surface area contributed by atoms with Crippen molar-refractivity contribution in [2.75, 3.05) is 6.61 Å². The molecule has 0 radical (unpaired) electrons. The van der Waals surface area contributed by atoms with Gasteiger partial charge in [0.15, 0.2) is 0 Å². The summed E-state index contributed by atoms with van der Waals surface area (Å²) in [6.07, 6.45) is 1.50.